The lowest BCUT2D eigenvalue weighted by atomic mass is 9.85. The zero-order chi connectivity index (χ0) is 14.3. The topological polar surface area (TPSA) is 61.8 Å². The third-order valence-corrected chi connectivity index (χ3v) is 3.90. The van der Waals surface area contributed by atoms with E-state index in [9.17, 15) is 9.59 Å². The molecule has 1 aromatic rings. The molecule has 0 bridgehead atoms. The van der Waals surface area contributed by atoms with Crippen molar-refractivity contribution in [3.05, 3.63) is 23.8 Å². The fourth-order valence-electron chi connectivity index (χ4n) is 2.67. The van der Waals surface area contributed by atoms with E-state index in [0.29, 0.717) is 17.1 Å². The van der Waals surface area contributed by atoms with Crippen LogP contribution in [0.15, 0.2) is 18.2 Å². The van der Waals surface area contributed by atoms with E-state index < -0.39 is 5.60 Å². The van der Waals surface area contributed by atoms with Gasteiger partial charge in [-0.05, 0) is 26.0 Å². The molecular formula is C15H16O5. The van der Waals surface area contributed by atoms with Crippen LogP contribution in [-0.4, -0.2) is 24.1 Å². The first-order valence-electron chi connectivity index (χ1n) is 6.61. The highest BCUT2D eigenvalue weighted by atomic mass is 16.7. The Morgan fingerprint density at radius 1 is 1.35 bits per heavy atom. The first-order chi connectivity index (χ1) is 9.47. The number of carbonyl (C=O) groups excluding carboxylic acids is 2. The van der Waals surface area contributed by atoms with Gasteiger partial charge in [-0.3, -0.25) is 9.59 Å². The van der Waals surface area contributed by atoms with Crippen molar-refractivity contribution in [3.8, 4) is 11.5 Å². The van der Waals surface area contributed by atoms with Crippen molar-refractivity contribution in [3.63, 3.8) is 0 Å². The maximum absolute atomic E-state index is 12.5. The Morgan fingerprint density at radius 2 is 2.15 bits per heavy atom. The molecule has 0 aromatic heterocycles. The number of cyclic esters (lactones) is 1. The quantitative estimate of drug-likeness (QED) is 0.626. The van der Waals surface area contributed by atoms with Gasteiger partial charge in [0.25, 0.3) is 0 Å². The SMILES string of the molecule is CC1(C)OC(=O)CC1CC(=O)c1cccc2c1OCO2. The highest BCUT2D eigenvalue weighted by molar-refractivity contribution is 6.00. The van der Waals surface area contributed by atoms with E-state index in [1.165, 1.54) is 0 Å². The molecule has 2 aliphatic heterocycles. The van der Waals surface area contributed by atoms with Crippen molar-refractivity contribution in [1.29, 1.82) is 0 Å². The van der Waals surface area contributed by atoms with Crippen LogP contribution < -0.4 is 9.47 Å². The van der Waals surface area contributed by atoms with Crippen LogP contribution in [-0.2, 0) is 9.53 Å². The molecule has 5 nitrogen and oxygen atoms in total. The molecule has 20 heavy (non-hydrogen) atoms. The van der Waals surface area contributed by atoms with Crippen molar-refractivity contribution >= 4 is 11.8 Å². The summed E-state index contributed by atoms with van der Waals surface area (Å²) in [5.74, 6) is 0.685. The number of ether oxygens (including phenoxy) is 3. The Morgan fingerprint density at radius 3 is 2.85 bits per heavy atom. The summed E-state index contributed by atoms with van der Waals surface area (Å²) in [5.41, 5.74) is -0.0858. The molecule has 1 fully saturated rings. The molecule has 1 atom stereocenters. The summed E-state index contributed by atoms with van der Waals surface area (Å²) in [6.07, 6.45) is 0.545. The molecule has 0 saturated carbocycles. The summed E-state index contributed by atoms with van der Waals surface area (Å²) in [6, 6.07) is 5.26. The number of hydrogen-bond acceptors (Lipinski definition) is 5. The largest absolute Gasteiger partial charge is 0.459 e. The second kappa shape index (κ2) is 4.51. The van der Waals surface area contributed by atoms with Gasteiger partial charge in [0, 0.05) is 12.3 Å². The van der Waals surface area contributed by atoms with Crippen LogP contribution in [0.1, 0.15) is 37.0 Å². The summed E-state index contributed by atoms with van der Waals surface area (Å²) in [7, 11) is 0. The first kappa shape index (κ1) is 13.0. The molecule has 2 heterocycles. The Labute approximate surface area is 116 Å². The van der Waals surface area contributed by atoms with E-state index in [-0.39, 0.29) is 37.3 Å². The number of esters is 1. The molecule has 0 aliphatic carbocycles. The second-order valence-electron chi connectivity index (χ2n) is 5.65. The van der Waals surface area contributed by atoms with Gasteiger partial charge < -0.3 is 14.2 Å². The lowest BCUT2D eigenvalue weighted by molar-refractivity contribution is -0.146. The molecular weight excluding hydrogens is 260 g/mol. The van der Waals surface area contributed by atoms with Crippen molar-refractivity contribution in [1.82, 2.24) is 0 Å². The van der Waals surface area contributed by atoms with Gasteiger partial charge >= 0.3 is 5.97 Å². The number of para-hydroxylation sites is 1. The fourth-order valence-corrected chi connectivity index (χ4v) is 2.67. The van der Waals surface area contributed by atoms with Crippen LogP contribution in [0.3, 0.4) is 0 Å². The average molecular weight is 276 g/mol. The predicted molar refractivity (Wildman–Crippen MR) is 69.8 cm³/mol. The van der Waals surface area contributed by atoms with E-state index in [4.69, 9.17) is 14.2 Å². The van der Waals surface area contributed by atoms with Gasteiger partial charge in [-0.1, -0.05) is 6.07 Å². The van der Waals surface area contributed by atoms with E-state index in [1.807, 2.05) is 13.8 Å². The molecule has 106 valence electrons. The zero-order valence-electron chi connectivity index (χ0n) is 11.5. The third kappa shape index (κ3) is 2.13. The lowest BCUT2D eigenvalue weighted by Crippen LogP contribution is -2.29. The minimum atomic E-state index is -0.595. The summed E-state index contributed by atoms with van der Waals surface area (Å²) in [4.78, 5) is 23.8. The molecule has 0 amide bonds. The van der Waals surface area contributed by atoms with Gasteiger partial charge in [-0.25, -0.2) is 0 Å². The molecule has 2 aliphatic rings. The van der Waals surface area contributed by atoms with Gasteiger partial charge in [-0.2, -0.15) is 0 Å². The molecule has 1 unspecified atom stereocenters. The number of ketones is 1. The molecule has 0 spiro atoms. The van der Waals surface area contributed by atoms with Crippen LogP contribution >= 0.6 is 0 Å². The Bertz CT molecular complexity index is 576. The number of rotatable bonds is 3. The molecule has 1 saturated heterocycles. The number of carbonyl (C=O) groups is 2. The van der Waals surface area contributed by atoms with E-state index in [2.05, 4.69) is 0 Å². The van der Waals surface area contributed by atoms with Gasteiger partial charge in [0.15, 0.2) is 17.3 Å². The number of Topliss-reactive ketones (excluding diaryl/α,β-unsaturated/α-hetero) is 1. The summed E-state index contributed by atoms with van der Waals surface area (Å²) >= 11 is 0. The number of fused-ring (bicyclic) bond motifs is 1. The Balaban J connectivity index is 1.81. The van der Waals surface area contributed by atoms with Crippen LogP contribution in [0.4, 0.5) is 0 Å². The van der Waals surface area contributed by atoms with Gasteiger partial charge in [0.1, 0.15) is 5.60 Å². The molecule has 0 N–H and O–H groups in total. The van der Waals surface area contributed by atoms with Gasteiger partial charge in [0.05, 0.1) is 12.0 Å². The normalized spacial score (nSPS) is 22.7. The fraction of sp³-hybridized carbons (Fsp3) is 0.467. The Hall–Kier alpha value is -2.04. The molecule has 5 heteroatoms. The maximum Gasteiger partial charge on any atom is 0.306 e. The zero-order valence-corrected chi connectivity index (χ0v) is 11.5. The van der Waals surface area contributed by atoms with Gasteiger partial charge in [-0.15, -0.1) is 0 Å². The number of hydrogen-bond donors (Lipinski definition) is 0. The standard InChI is InChI=1S/C15H16O5/c1-15(2)9(7-13(17)20-15)6-11(16)10-4-3-5-12-14(10)19-8-18-12/h3-5,9H,6-8H2,1-2H3. The Kier molecular flexibility index (Phi) is 2.92. The smallest absolute Gasteiger partial charge is 0.306 e. The monoisotopic (exact) mass is 276 g/mol. The molecule has 3 rings (SSSR count). The van der Waals surface area contributed by atoms with E-state index >= 15 is 0 Å². The third-order valence-electron chi connectivity index (χ3n) is 3.90. The first-order valence-corrected chi connectivity index (χ1v) is 6.61. The highest BCUT2D eigenvalue weighted by Gasteiger charge is 2.43. The van der Waals surface area contributed by atoms with Gasteiger partial charge in [0.2, 0.25) is 6.79 Å². The van der Waals surface area contributed by atoms with Crippen LogP contribution in [0.25, 0.3) is 0 Å². The van der Waals surface area contributed by atoms with Crippen molar-refractivity contribution in [2.75, 3.05) is 6.79 Å². The predicted octanol–water partition coefficient (Wildman–Crippen LogP) is 2.33. The van der Waals surface area contributed by atoms with E-state index in [1.54, 1.807) is 18.2 Å². The summed E-state index contributed by atoms with van der Waals surface area (Å²) in [6.45, 7) is 3.81. The lowest BCUT2D eigenvalue weighted by Gasteiger charge is -2.24. The molecule has 0 radical (unpaired) electrons. The second-order valence-corrected chi connectivity index (χ2v) is 5.65. The average Bonchev–Trinajstić information content (AvgIpc) is 2.93. The minimum Gasteiger partial charge on any atom is -0.459 e. The van der Waals surface area contributed by atoms with Crippen molar-refractivity contribution in [2.24, 2.45) is 5.92 Å². The van der Waals surface area contributed by atoms with Crippen LogP contribution in [0, 0.1) is 5.92 Å². The maximum atomic E-state index is 12.5. The summed E-state index contributed by atoms with van der Waals surface area (Å²) in [5, 5.41) is 0. The van der Waals surface area contributed by atoms with Crippen LogP contribution in [0.5, 0.6) is 11.5 Å². The molecule has 1 aromatic carbocycles. The highest BCUT2D eigenvalue weighted by Crippen LogP contribution is 2.39. The minimum absolute atomic E-state index is 0.0521. The van der Waals surface area contributed by atoms with Crippen molar-refractivity contribution in [2.45, 2.75) is 32.3 Å². The van der Waals surface area contributed by atoms with Crippen molar-refractivity contribution < 1.29 is 23.8 Å². The number of benzene rings is 1. The van der Waals surface area contributed by atoms with Crippen LogP contribution in [0.2, 0.25) is 0 Å². The summed E-state index contributed by atoms with van der Waals surface area (Å²) < 4.78 is 15.9. The van der Waals surface area contributed by atoms with E-state index in [0.717, 1.165) is 0 Å².